The molecule has 0 fully saturated rings. The minimum Gasteiger partial charge on any atom is -0.296 e. The average molecular weight is 282 g/mol. The molecule has 19 heavy (non-hydrogen) atoms. The molecule has 0 spiro atoms. The largest absolute Gasteiger partial charge is 0.296 e. The van der Waals surface area contributed by atoms with Crippen LogP contribution in [0.2, 0.25) is 0 Å². The lowest BCUT2D eigenvalue weighted by atomic mass is 10.1. The molecule has 0 aliphatic carbocycles. The first-order chi connectivity index (χ1) is 8.97. The van der Waals surface area contributed by atoms with E-state index in [-0.39, 0.29) is 10.7 Å². The van der Waals surface area contributed by atoms with Crippen LogP contribution < -0.4 is 5.32 Å². The van der Waals surface area contributed by atoms with E-state index in [9.17, 15) is 19.3 Å². The Morgan fingerprint density at radius 2 is 2.21 bits per heavy atom. The lowest BCUT2D eigenvalue weighted by molar-refractivity contribution is -0.385. The second kappa shape index (κ2) is 5.06. The molecule has 0 unspecified atom stereocenters. The van der Waals surface area contributed by atoms with Gasteiger partial charge in [-0.05, 0) is 19.1 Å². The van der Waals surface area contributed by atoms with E-state index >= 15 is 0 Å². The van der Waals surface area contributed by atoms with E-state index in [2.05, 4.69) is 15.5 Å². The predicted molar refractivity (Wildman–Crippen MR) is 65.7 cm³/mol. The Bertz CT molecular complexity index is 658. The average Bonchev–Trinajstić information content (AvgIpc) is 2.74. The van der Waals surface area contributed by atoms with E-state index < -0.39 is 22.3 Å². The Labute approximate surface area is 110 Å². The maximum atomic E-state index is 13.1. The van der Waals surface area contributed by atoms with Crippen molar-refractivity contribution in [1.82, 2.24) is 10.2 Å². The molecule has 9 heteroatoms. The second-order valence-electron chi connectivity index (χ2n) is 3.50. The van der Waals surface area contributed by atoms with E-state index in [1.54, 1.807) is 6.92 Å². The number of hydrogen-bond donors (Lipinski definition) is 1. The lowest BCUT2D eigenvalue weighted by Gasteiger charge is -2.02. The molecule has 0 saturated carbocycles. The fraction of sp³-hybridized carbons (Fsp3) is 0.100. The van der Waals surface area contributed by atoms with Gasteiger partial charge in [0.2, 0.25) is 5.13 Å². The zero-order valence-corrected chi connectivity index (χ0v) is 10.4. The highest BCUT2D eigenvalue weighted by Crippen LogP contribution is 2.22. The van der Waals surface area contributed by atoms with Crippen LogP contribution in [0.1, 0.15) is 15.4 Å². The van der Waals surface area contributed by atoms with Gasteiger partial charge in [-0.3, -0.25) is 20.2 Å². The molecule has 2 aromatic rings. The van der Waals surface area contributed by atoms with Crippen molar-refractivity contribution in [3.05, 3.63) is 44.7 Å². The number of halogens is 1. The Hall–Kier alpha value is -2.42. The van der Waals surface area contributed by atoms with Crippen LogP contribution in [0, 0.1) is 22.9 Å². The number of nitrogens with zero attached hydrogens (tertiary/aromatic N) is 3. The summed E-state index contributed by atoms with van der Waals surface area (Å²) in [6, 6.07) is 2.67. The minimum atomic E-state index is -0.803. The van der Waals surface area contributed by atoms with Crippen LogP contribution in [0.25, 0.3) is 0 Å². The molecule has 1 aromatic heterocycles. The molecular formula is C10H7FN4O3S. The molecule has 1 aromatic carbocycles. The molecule has 7 nitrogen and oxygen atoms in total. The number of benzene rings is 1. The third-order valence-corrected chi connectivity index (χ3v) is 2.90. The summed E-state index contributed by atoms with van der Waals surface area (Å²) in [6.45, 7) is 1.69. The Morgan fingerprint density at radius 3 is 2.79 bits per heavy atom. The smallest absolute Gasteiger partial charge is 0.282 e. The first kappa shape index (κ1) is 13.0. The number of carbonyl (C=O) groups excluding carboxylic acids is 1. The molecule has 0 saturated heterocycles. The van der Waals surface area contributed by atoms with E-state index in [0.29, 0.717) is 5.01 Å². The van der Waals surface area contributed by atoms with Gasteiger partial charge in [0.1, 0.15) is 16.4 Å². The highest BCUT2D eigenvalue weighted by Gasteiger charge is 2.21. The van der Waals surface area contributed by atoms with Gasteiger partial charge in [0, 0.05) is 6.07 Å². The number of aromatic nitrogens is 2. The van der Waals surface area contributed by atoms with E-state index in [1.807, 2.05) is 0 Å². The summed E-state index contributed by atoms with van der Waals surface area (Å²) in [7, 11) is 0. The summed E-state index contributed by atoms with van der Waals surface area (Å²) in [6.07, 6.45) is 0. The van der Waals surface area contributed by atoms with E-state index in [0.717, 1.165) is 29.5 Å². The standard InChI is InChI=1S/C10H7FN4O3S/c1-5-13-14-10(19-5)12-9(16)7-4-6(11)2-3-8(7)15(17)18/h2-4H,1H3,(H,12,14,16). The number of carbonyl (C=O) groups is 1. The van der Waals surface area contributed by atoms with E-state index in [1.165, 1.54) is 0 Å². The number of anilines is 1. The fourth-order valence-electron chi connectivity index (χ4n) is 1.36. The number of hydrogen-bond acceptors (Lipinski definition) is 6. The Morgan fingerprint density at radius 1 is 1.47 bits per heavy atom. The molecule has 0 aliphatic rings. The van der Waals surface area contributed by atoms with Gasteiger partial charge in [0.15, 0.2) is 0 Å². The van der Waals surface area contributed by atoms with Crippen LogP contribution in [0.4, 0.5) is 15.2 Å². The van der Waals surface area contributed by atoms with Gasteiger partial charge in [0.25, 0.3) is 11.6 Å². The van der Waals surface area contributed by atoms with Crippen molar-refractivity contribution in [3.8, 4) is 0 Å². The zero-order valence-electron chi connectivity index (χ0n) is 9.58. The quantitative estimate of drug-likeness (QED) is 0.687. The maximum absolute atomic E-state index is 13.1. The van der Waals surface area contributed by atoms with Crippen molar-refractivity contribution in [1.29, 1.82) is 0 Å². The van der Waals surface area contributed by atoms with Gasteiger partial charge in [-0.15, -0.1) is 10.2 Å². The number of nitro groups is 1. The fourth-order valence-corrected chi connectivity index (χ4v) is 1.95. The molecule has 0 atom stereocenters. The van der Waals surface area contributed by atoms with Crippen molar-refractivity contribution in [2.45, 2.75) is 6.92 Å². The number of amides is 1. The van der Waals surface area contributed by atoms with E-state index in [4.69, 9.17) is 0 Å². The number of nitro benzene ring substituents is 1. The van der Waals surface area contributed by atoms with Crippen LogP contribution in [0.5, 0.6) is 0 Å². The monoisotopic (exact) mass is 282 g/mol. The van der Waals surface area contributed by atoms with Crippen LogP contribution in [0.3, 0.4) is 0 Å². The van der Waals surface area contributed by atoms with Crippen molar-refractivity contribution in [2.75, 3.05) is 5.32 Å². The zero-order chi connectivity index (χ0) is 14.0. The summed E-state index contributed by atoms with van der Waals surface area (Å²) in [5.74, 6) is -1.54. The summed E-state index contributed by atoms with van der Waals surface area (Å²) in [4.78, 5) is 21.9. The van der Waals surface area contributed by atoms with Gasteiger partial charge in [0.05, 0.1) is 4.92 Å². The number of nitrogens with one attached hydrogen (secondary N) is 1. The molecular weight excluding hydrogens is 275 g/mol. The predicted octanol–water partition coefficient (Wildman–Crippen LogP) is 2.15. The first-order valence-corrected chi connectivity index (χ1v) is 5.84. The molecule has 98 valence electrons. The second-order valence-corrected chi connectivity index (χ2v) is 4.68. The summed E-state index contributed by atoms with van der Waals surface area (Å²) in [5.41, 5.74) is -0.835. The number of aryl methyl sites for hydroxylation is 1. The van der Waals surface area contributed by atoms with Gasteiger partial charge in [-0.1, -0.05) is 11.3 Å². The molecule has 0 radical (unpaired) electrons. The Balaban J connectivity index is 2.32. The van der Waals surface area contributed by atoms with Gasteiger partial charge < -0.3 is 0 Å². The maximum Gasteiger partial charge on any atom is 0.282 e. The minimum absolute atomic E-state index is 0.195. The molecule has 0 bridgehead atoms. The lowest BCUT2D eigenvalue weighted by Crippen LogP contribution is -2.14. The topological polar surface area (TPSA) is 98.0 Å². The third kappa shape index (κ3) is 2.88. The van der Waals surface area contributed by atoms with Crippen LogP contribution in [0.15, 0.2) is 18.2 Å². The molecule has 0 aliphatic heterocycles. The van der Waals surface area contributed by atoms with Crippen molar-refractivity contribution < 1.29 is 14.1 Å². The highest BCUT2D eigenvalue weighted by atomic mass is 32.1. The Kier molecular flexibility index (Phi) is 3.47. The van der Waals surface area contributed by atoms with Crippen LogP contribution in [-0.2, 0) is 0 Å². The third-order valence-electron chi connectivity index (χ3n) is 2.15. The van der Waals surface area contributed by atoms with Gasteiger partial charge >= 0.3 is 0 Å². The van der Waals surface area contributed by atoms with Gasteiger partial charge in [-0.2, -0.15) is 0 Å². The highest BCUT2D eigenvalue weighted by molar-refractivity contribution is 7.15. The van der Waals surface area contributed by atoms with Crippen molar-refractivity contribution >= 4 is 28.1 Å². The van der Waals surface area contributed by atoms with Crippen molar-refractivity contribution in [2.24, 2.45) is 0 Å². The summed E-state index contributed by atoms with van der Waals surface area (Å²) < 4.78 is 13.1. The normalized spacial score (nSPS) is 10.2. The van der Waals surface area contributed by atoms with Crippen molar-refractivity contribution in [3.63, 3.8) is 0 Å². The number of rotatable bonds is 3. The van der Waals surface area contributed by atoms with Crippen LogP contribution in [-0.4, -0.2) is 21.0 Å². The first-order valence-electron chi connectivity index (χ1n) is 5.03. The molecule has 1 amide bonds. The molecule has 1 N–H and O–H groups in total. The summed E-state index contributed by atoms with van der Waals surface area (Å²) >= 11 is 1.11. The summed E-state index contributed by atoms with van der Waals surface area (Å²) in [5, 5.41) is 21.3. The molecule has 1 heterocycles. The van der Waals surface area contributed by atoms with Crippen LogP contribution >= 0.6 is 11.3 Å². The molecule has 2 rings (SSSR count). The SMILES string of the molecule is Cc1nnc(NC(=O)c2cc(F)ccc2[N+](=O)[O-])s1. The van der Waals surface area contributed by atoms with Gasteiger partial charge in [-0.25, -0.2) is 4.39 Å².